The summed E-state index contributed by atoms with van der Waals surface area (Å²) in [4.78, 5) is 0. The Balaban J connectivity index is 2.77. The van der Waals surface area contributed by atoms with Gasteiger partial charge in [-0.2, -0.15) is 0 Å². The third kappa shape index (κ3) is 4.31. The molecule has 0 spiro atoms. The Kier molecular flexibility index (Phi) is 6.50. The summed E-state index contributed by atoms with van der Waals surface area (Å²) in [6.07, 6.45) is 0.899. The lowest BCUT2D eigenvalue weighted by Gasteiger charge is -2.16. The molecule has 0 amide bonds. The Bertz CT molecular complexity index is 391. The van der Waals surface area contributed by atoms with E-state index in [9.17, 15) is 0 Å². The van der Waals surface area contributed by atoms with Gasteiger partial charge in [0.05, 0.1) is 21.3 Å². The minimum atomic E-state index is 0.659. The van der Waals surface area contributed by atoms with Gasteiger partial charge in [0.2, 0.25) is 5.75 Å². The second-order valence-corrected chi connectivity index (χ2v) is 4.84. The van der Waals surface area contributed by atoms with Crippen molar-refractivity contribution >= 4 is 0 Å². The molecule has 0 bridgehead atoms. The monoisotopic (exact) mass is 267 g/mol. The summed E-state index contributed by atoms with van der Waals surface area (Å²) in [5.41, 5.74) is 1.12. The Morgan fingerprint density at radius 3 is 2.21 bits per heavy atom. The van der Waals surface area contributed by atoms with Gasteiger partial charge >= 0.3 is 0 Å². The van der Waals surface area contributed by atoms with Crippen LogP contribution in [-0.4, -0.2) is 34.4 Å². The van der Waals surface area contributed by atoms with E-state index in [4.69, 9.17) is 14.2 Å². The summed E-state index contributed by atoms with van der Waals surface area (Å²) >= 11 is 0. The summed E-state index contributed by atoms with van der Waals surface area (Å²) < 4.78 is 16.1. The molecule has 0 radical (unpaired) electrons. The molecule has 1 rings (SSSR count). The van der Waals surface area contributed by atoms with Gasteiger partial charge in [-0.3, -0.25) is 0 Å². The number of methoxy groups -OCH3 is 3. The van der Waals surface area contributed by atoms with Crippen molar-refractivity contribution in [2.45, 2.75) is 20.3 Å². The third-order valence-corrected chi connectivity index (χ3v) is 2.91. The number of hydrogen-bond acceptors (Lipinski definition) is 4. The fourth-order valence-electron chi connectivity index (χ4n) is 1.97. The molecular weight excluding hydrogens is 242 g/mol. The normalized spacial score (nSPS) is 10.6. The van der Waals surface area contributed by atoms with Gasteiger partial charge in [0.25, 0.3) is 0 Å². The second kappa shape index (κ2) is 7.89. The molecule has 0 saturated carbocycles. The van der Waals surface area contributed by atoms with Gasteiger partial charge in [-0.15, -0.1) is 0 Å². The topological polar surface area (TPSA) is 39.7 Å². The predicted molar refractivity (Wildman–Crippen MR) is 77.5 cm³/mol. The summed E-state index contributed by atoms with van der Waals surface area (Å²) in [6.45, 7) is 6.34. The van der Waals surface area contributed by atoms with Crippen molar-refractivity contribution in [1.82, 2.24) is 5.32 Å². The lowest BCUT2D eigenvalue weighted by molar-refractivity contribution is 0.322. The Morgan fingerprint density at radius 1 is 1.00 bits per heavy atom. The van der Waals surface area contributed by atoms with Crippen molar-refractivity contribution in [3.05, 3.63) is 17.7 Å². The first kappa shape index (κ1) is 15.6. The van der Waals surface area contributed by atoms with E-state index < -0.39 is 0 Å². The molecule has 0 atom stereocenters. The molecule has 0 unspecified atom stereocenters. The van der Waals surface area contributed by atoms with Gasteiger partial charge in [-0.25, -0.2) is 0 Å². The van der Waals surface area contributed by atoms with Crippen molar-refractivity contribution in [3.63, 3.8) is 0 Å². The number of benzene rings is 1. The Morgan fingerprint density at radius 2 is 1.68 bits per heavy atom. The van der Waals surface area contributed by atoms with Gasteiger partial charge in [0, 0.05) is 0 Å². The zero-order chi connectivity index (χ0) is 14.3. The molecular formula is C15H25NO3. The summed E-state index contributed by atoms with van der Waals surface area (Å²) in [5, 5.41) is 3.42. The molecule has 108 valence electrons. The lowest BCUT2D eigenvalue weighted by Crippen LogP contribution is -2.22. The largest absolute Gasteiger partial charge is 0.493 e. The lowest BCUT2D eigenvalue weighted by atomic mass is 10.1. The first-order chi connectivity index (χ1) is 9.13. The molecule has 1 aromatic carbocycles. The zero-order valence-corrected chi connectivity index (χ0v) is 12.6. The van der Waals surface area contributed by atoms with Gasteiger partial charge in [-0.1, -0.05) is 19.9 Å². The first-order valence-corrected chi connectivity index (χ1v) is 6.62. The maximum absolute atomic E-state index is 5.46. The van der Waals surface area contributed by atoms with Crippen LogP contribution in [0.15, 0.2) is 12.1 Å². The molecule has 0 fully saturated rings. The van der Waals surface area contributed by atoms with Crippen LogP contribution in [-0.2, 0) is 6.42 Å². The highest BCUT2D eigenvalue weighted by Gasteiger charge is 2.15. The average Bonchev–Trinajstić information content (AvgIpc) is 2.42. The van der Waals surface area contributed by atoms with Crippen molar-refractivity contribution in [3.8, 4) is 17.2 Å². The first-order valence-electron chi connectivity index (χ1n) is 6.62. The second-order valence-electron chi connectivity index (χ2n) is 4.84. The van der Waals surface area contributed by atoms with Crippen LogP contribution < -0.4 is 19.5 Å². The molecule has 1 N–H and O–H groups in total. The van der Waals surface area contributed by atoms with E-state index in [1.807, 2.05) is 12.1 Å². The molecule has 0 aliphatic carbocycles. The fraction of sp³-hybridized carbons (Fsp3) is 0.600. The van der Waals surface area contributed by atoms with Gasteiger partial charge in [0.1, 0.15) is 0 Å². The predicted octanol–water partition coefficient (Wildman–Crippen LogP) is 2.50. The number of rotatable bonds is 8. The SMILES string of the molecule is COc1ccc(CCNCC(C)C)c(OC)c1OC. The van der Waals surface area contributed by atoms with E-state index in [1.54, 1.807) is 21.3 Å². The quantitative estimate of drug-likeness (QED) is 0.735. The van der Waals surface area contributed by atoms with E-state index >= 15 is 0 Å². The van der Waals surface area contributed by atoms with Crippen molar-refractivity contribution in [2.24, 2.45) is 5.92 Å². The third-order valence-electron chi connectivity index (χ3n) is 2.91. The Labute approximate surface area is 116 Å². The van der Waals surface area contributed by atoms with Gasteiger partial charge < -0.3 is 19.5 Å². The van der Waals surface area contributed by atoms with Crippen LogP contribution in [0.4, 0.5) is 0 Å². The summed E-state index contributed by atoms with van der Waals surface area (Å²) in [6, 6.07) is 3.94. The van der Waals surface area contributed by atoms with Gasteiger partial charge in [0.15, 0.2) is 11.5 Å². The standard InChI is InChI=1S/C15H25NO3/c1-11(2)10-16-9-8-12-6-7-13(17-3)15(19-5)14(12)18-4/h6-7,11,16H,8-10H2,1-5H3. The summed E-state index contributed by atoms with van der Waals surface area (Å²) in [5.74, 6) is 2.77. The molecule has 0 aliphatic rings. The number of hydrogen-bond donors (Lipinski definition) is 1. The number of nitrogens with one attached hydrogen (secondary N) is 1. The van der Waals surface area contributed by atoms with Crippen molar-refractivity contribution < 1.29 is 14.2 Å². The van der Waals surface area contributed by atoms with Crippen LogP contribution >= 0.6 is 0 Å². The van der Waals surface area contributed by atoms with Crippen LogP contribution in [0.1, 0.15) is 19.4 Å². The highest BCUT2D eigenvalue weighted by molar-refractivity contribution is 5.55. The minimum Gasteiger partial charge on any atom is -0.493 e. The molecule has 4 heteroatoms. The fourth-order valence-corrected chi connectivity index (χ4v) is 1.97. The molecule has 0 heterocycles. The molecule has 0 aromatic heterocycles. The van der Waals surface area contributed by atoms with E-state index in [1.165, 1.54) is 0 Å². The van der Waals surface area contributed by atoms with Crippen molar-refractivity contribution in [1.29, 1.82) is 0 Å². The van der Waals surface area contributed by atoms with Crippen LogP contribution in [0.3, 0.4) is 0 Å². The minimum absolute atomic E-state index is 0.659. The smallest absolute Gasteiger partial charge is 0.203 e. The average molecular weight is 267 g/mol. The van der Waals surface area contributed by atoms with Crippen LogP contribution in [0.2, 0.25) is 0 Å². The molecule has 0 aliphatic heterocycles. The van der Waals surface area contributed by atoms with E-state index in [2.05, 4.69) is 19.2 Å². The summed E-state index contributed by atoms with van der Waals surface area (Å²) in [7, 11) is 4.91. The molecule has 0 saturated heterocycles. The van der Waals surface area contributed by atoms with Gasteiger partial charge in [-0.05, 0) is 37.1 Å². The maximum atomic E-state index is 5.46. The van der Waals surface area contributed by atoms with Crippen LogP contribution in [0, 0.1) is 5.92 Å². The van der Waals surface area contributed by atoms with E-state index in [0.717, 1.165) is 30.8 Å². The molecule has 4 nitrogen and oxygen atoms in total. The van der Waals surface area contributed by atoms with Crippen molar-refractivity contribution in [2.75, 3.05) is 34.4 Å². The number of ether oxygens (including phenoxy) is 3. The highest BCUT2D eigenvalue weighted by atomic mass is 16.5. The highest BCUT2D eigenvalue weighted by Crippen LogP contribution is 2.39. The maximum Gasteiger partial charge on any atom is 0.203 e. The van der Waals surface area contributed by atoms with E-state index in [-0.39, 0.29) is 0 Å². The van der Waals surface area contributed by atoms with E-state index in [0.29, 0.717) is 17.4 Å². The molecule has 1 aromatic rings. The van der Waals surface area contributed by atoms with Crippen LogP contribution in [0.5, 0.6) is 17.2 Å². The molecule has 19 heavy (non-hydrogen) atoms. The van der Waals surface area contributed by atoms with Crippen LogP contribution in [0.25, 0.3) is 0 Å². The zero-order valence-electron chi connectivity index (χ0n) is 12.6. The Hall–Kier alpha value is -1.42.